The van der Waals surface area contributed by atoms with Crippen molar-refractivity contribution in [2.75, 3.05) is 11.8 Å². The van der Waals surface area contributed by atoms with Crippen LogP contribution < -0.4 is 0 Å². The second kappa shape index (κ2) is 8.11. The Morgan fingerprint density at radius 1 is 0.750 bits per heavy atom. The van der Waals surface area contributed by atoms with Gasteiger partial charge in [0.15, 0.2) is 0 Å². The Balaban J connectivity index is 3.27. The van der Waals surface area contributed by atoms with Crippen LogP contribution >= 0.6 is 23.2 Å². The molecule has 4 heteroatoms. The highest BCUT2D eigenvalue weighted by Gasteiger charge is 2.07. The molecule has 0 heterocycles. The van der Waals surface area contributed by atoms with Gasteiger partial charge >= 0.3 is 0 Å². The molecule has 0 amide bonds. The number of hydrogen-bond acceptors (Lipinski definition) is 2. The lowest BCUT2D eigenvalue weighted by atomic mass is 10.1. The van der Waals surface area contributed by atoms with Crippen molar-refractivity contribution >= 4 is 23.2 Å². The van der Waals surface area contributed by atoms with Gasteiger partial charge in [-0.05, 0) is 25.7 Å². The van der Waals surface area contributed by atoms with Crippen molar-refractivity contribution in [3.8, 4) is 0 Å². The zero-order chi connectivity index (χ0) is 9.40. The predicted octanol–water partition coefficient (Wildman–Crippen LogP) is 1.75. The lowest BCUT2D eigenvalue weighted by Crippen LogP contribution is -2.13. The molecule has 2 unspecified atom stereocenters. The maximum absolute atomic E-state index is 9.24. The smallest absolute Gasteiger partial charge is 0.0552 e. The summed E-state index contributed by atoms with van der Waals surface area (Å²) in [5, 5.41) is 18.5. The molecular formula is C8H16Cl2O2. The lowest BCUT2D eigenvalue weighted by Gasteiger charge is -2.11. The maximum atomic E-state index is 9.24. The van der Waals surface area contributed by atoms with Crippen molar-refractivity contribution in [1.82, 2.24) is 0 Å². The molecule has 0 aliphatic carbocycles. The molecule has 0 aliphatic heterocycles. The first-order chi connectivity index (χ1) is 5.70. The molecule has 2 N–H and O–H groups in total. The van der Waals surface area contributed by atoms with E-state index in [0.717, 1.165) is 0 Å². The highest BCUT2D eigenvalue weighted by atomic mass is 35.5. The van der Waals surface area contributed by atoms with Crippen molar-refractivity contribution in [3.05, 3.63) is 0 Å². The molecule has 0 radical (unpaired) electrons. The summed E-state index contributed by atoms with van der Waals surface area (Å²) in [7, 11) is 0. The first kappa shape index (κ1) is 12.5. The average molecular weight is 215 g/mol. The average Bonchev–Trinajstić information content (AvgIpc) is 2.02. The summed E-state index contributed by atoms with van der Waals surface area (Å²) in [4.78, 5) is 0. The molecule has 12 heavy (non-hydrogen) atoms. The molecule has 0 aromatic heterocycles. The van der Waals surface area contributed by atoms with Crippen LogP contribution in [0.2, 0.25) is 0 Å². The minimum Gasteiger partial charge on any atom is -0.393 e. The summed E-state index contributed by atoms with van der Waals surface area (Å²) in [5.41, 5.74) is 0. The van der Waals surface area contributed by atoms with E-state index in [1.807, 2.05) is 0 Å². The van der Waals surface area contributed by atoms with Gasteiger partial charge in [0.25, 0.3) is 0 Å². The Labute approximate surface area is 83.5 Å². The number of alkyl halides is 2. The van der Waals surface area contributed by atoms with Gasteiger partial charge in [-0.1, -0.05) is 0 Å². The Bertz CT molecular complexity index is 89.1. The number of halogens is 2. The van der Waals surface area contributed by atoms with E-state index in [2.05, 4.69) is 0 Å². The highest BCUT2D eigenvalue weighted by molar-refractivity contribution is 6.18. The third-order valence-electron chi connectivity index (χ3n) is 1.72. The van der Waals surface area contributed by atoms with Gasteiger partial charge in [-0.15, -0.1) is 23.2 Å². The van der Waals surface area contributed by atoms with Crippen LogP contribution in [0.25, 0.3) is 0 Å². The first-order valence-corrected chi connectivity index (χ1v) is 5.25. The molecule has 74 valence electrons. The van der Waals surface area contributed by atoms with Crippen LogP contribution in [0.5, 0.6) is 0 Å². The Hall–Kier alpha value is 0.500. The molecular weight excluding hydrogens is 199 g/mol. The predicted molar refractivity (Wildman–Crippen MR) is 51.9 cm³/mol. The fourth-order valence-electron chi connectivity index (χ4n) is 0.925. The molecule has 2 nitrogen and oxygen atoms in total. The van der Waals surface area contributed by atoms with Crippen molar-refractivity contribution in [1.29, 1.82) is 0 Å². The quantitative estimate of drug-likeness (QED) is 0.635. The monoisotopic (exact) mass is 214 g/mol. The number of rotatable bonds is 7. The van der Waals surface area contributed by atoms with Crippen LogP contribution in [-0.4, -0.2) is 34.2 Å². The second-order valence-electron chi connectivity index (χ2n) is 2.84. The SMILES string of the molecule is OC(CCCl)CCC(O)CCCl. The van der Waals surface area contributed by atoms with Crippen LogP contribution in [-0.2, 0) is 0 Å². The summed E-state index contributed by atoms with van der Waals surface area (Å²) >= 11 is 10.9. The lowest BCUT2D eigenvalue weighted by molar-refractivity contribution is 0.110. The van der Waals surface area contributed by atoms with E-state index in [1.165, 1.54) is 0 Å². The Kier molecular flexibility index (Phi) is 8.45. The van der Waals surface area contributed by atoms with Gasteiger partial charge in [0.05, 0.1) is 12.2 Å². The van der Waals surface area contributed by atoms with Crippen molar-refractivity contribution in [2.45, 2.75) is 37.9 Å². The fraction of sp³-hybridized carbons (Fsp3) is 1.00. The van der Waals surface area contributed by atoms with Crippen molar-refractivity contribution in [3.63, 3.8) is 0 Å². The standard InChI is InChI=1S/C8H16Cl2O2/c9-5-3-7(11)1-2-8(12)4-6-10/h7-8,11-12H,1-6H2. The molecule has 0 bridgehead atoms. The highest BCUT2D eigenvalue weighted by Crippen LogP contribution is 2.08. The maximum Gasteiger partial charge on any atom is 0.0552 e. The van der Waals surface area contributed by atoms with E-state index in [-0.39, 0.29) is 12.2 Å². The number of aliphatic hydroxyl groups excluding tert-OH is 2. The largest absolute Gasteiger partial charge is 0.393 e. The van der Waals surface area contributed by atoms with Gasteiger partial charge in [-0.25, -0.2) is 0 Å². The summed E-state index contributed by atoms with van der Waals surface area (Å²) < 4.78 is 0. The summed E-state index contributed by atoms with van der Waals surface area (Å²) in [5.74, 6) is 0.930. The number of aliphatic hydroxyl groups is 2. The molecule has 0 saturated heterocycles. The molecule has 0 aromatic rings. The van der Waals surface area contributed by atoms with E-state index in [0.29, 0.717) is 37.4 Å². The van der Waals surface area contributed by atoms with E-state index < -0.39 is 0 Å². The zero-order valence-corrected chi connectivity index (χ0v) is 8.56. The van der Waals surface area contributed by atoms with Crippen LogP contribution in [0.3, 0.4) is 0 Å². The van der Waals surface area contributed by atoms with E-state index in [1.54, 1.807) is 0 Å². The zero-order valence-electron chi connectivity index (χ0n) is 7.05. The van der Waals surface area contributed by atoms with E-state index >= 15 is 0 Å². The number of hydrogen-bond donors (Lipinski definition) is 2. The van der Waals surface area contributed by atoms with Gasteiger partial charge in [0.2, 0.25) is 0 Å². The van der Waals surface area contributed by atoms with E-state index in [4.69, 9.17) is 23.2 Å². The molecule has 0 aliphatic rings. The molecule has 0 spiro atoms. The molecule has 0 saturated carbocycles. The molecule has 2 atom stereocenters. The van der Waals surface area contributed by atoms with Gasteiger partial charge in [-0.2, -0.15) is 0 Å². The van der Waals surface area contributed by atoms with Gasteiger partial charge in [0.1, 0.15) is 0 Å². The van der Waals surface area contributed by atoms with E-state index in [9.17, 15) is 10.2 Å². The van der Waals surface area contributed by atoms with Gasteiger partial charge in [0, 0.05) is 11.8 Å². The summed E-state index contributed by atoms with van der Waals surface area (Å²) in [6.45, 7) is 0. The molecule has 0 rings (SSSR count). The van der Waals surface area contributed by atoms with Gasteiger partial charge in [-0.3, -0.25) is 0 Å². The van der Waals surface area contributed by atoms with Crippen LogP contribution in [0.1, 0.15) is 25.7 Å². The Morgan fingerprint density at radius 3 is 1.33 bits per heavy atom. The minimum atomic E-state index is -0.382. The summed E-state index contributed by atoms with van der Waals surface area (Å²) in [6, 6.07) is 0. The van der Waals surface area contributed by atoms with Crippen LogP contribution in [0.4, 0.5) is 0 Å². The van der Waals surface area contributed by atoms with Crippen LogP contribution in [0, 0.1) is 0 Å². The normalized spacial score (nSPS) is 16.0. The first-order valence-electron chi connectivity index (χ1n) is 4.18. The molecule has 0 aromatic carbocycles. The minimum absolute atomic E-state index is 0.382. The third-order valence-corrected chi connectivity index (χ3v) is 2.15. The van der Waals surface area contributed by atoms with Crippen LogP contribution in [0.15, 0.2) is 0 Å². The van der Waals surface area contributed by atoms with Crippen molar-refractivity contribution < 1.29 is 10.2 Å². The molecule has 0 fully saturated rings. The van der Waals surface area contributed by atoms with Crippen molar-refractivity contribution in [2.24, 2.45) is 0 Å². The third kappa shape index (κ3) is 7.17. The summed E-state index contributed by atoms with van der Waals surface area (Å²) in [6.07, 6.45) is 1.62. The topological polar surface area (TPSA) is 40.5 Å². The Morgan fingerprint density at radius 2 is 1.08 bits per heavy atom. The fourth-order valence-corrected chi connectivity index (χ4v) is 1.43. The van der Waals surface area contributed by atoms with Gasteiger partial charge < -0.3 is 10.2 Å². The second-order valence-corrected chi connectivity index (χ2v) is 3.60.